The summed E-state index contributed by atoms with van der Waals surface area (Å²) in [7, 11) is 1.94. The van der Waals surface area contributed by atoms with Crippen molar-refractivity contribution >= 4 is 17.4 Å². The fourth-order valence-electron chi connectivity index (χ4n) is 4.18. The van der Waals surface area contributed by atoms with Crippen molar-refractivity contribution in [3.05, 3.63) is 86.3 Å². The number of nitrogens with one attached hydrogen (secondary N) is 1. The van der Waals surface area contributed by atoms with E-state index in [9.17, 15) is 0 Å². The van der Waals surface area contributed by atoms with Crippen LogP contribution in [0.1, 0.15) is 75.1 Å². The van der Waals surface area contributed by atoms with Gasteiger partial charge in [-0.1, -0.05) is 51.2 Å². The lowest BCUT2D eigenvalue weighted by molar-refractivity contribution is 0.604. The van der Waals surface area contributed by atoms with E-state index in [-0.39, 0.29) is 0 Å². The first-order valence-corrected chi connectivity index (χ1v) is 12.5. The number of rotatable bonds is 11. The Morgan fingerprint density at radius 1 is 1.32 bits per heavy atom. The zero-order valence-corrected chi connectivity index (χ0v) is 21.3. The van der Waals surface area contributed by atoms with Crippen molar-refractivity contribution in [2.75, 3.05) is 7.05 Å². The predicted octanol–water partition coefficient (Wildman–Crippen LogP) is 8.71. The molecule has 0 fully saturated rings. The van der Waals surface area contributed by atoms with Crippen LogP contribution in [0.15, 0.2) is 71.0 Å². The quantitative estimate of drug-likeness (QED) is 0.343. The second kappa shape index (κ2) is 12.1. The Morgan fingerprint density at radius 2 is 2.06 bits per heavy atom. The zero-order valence-electron chi connectivity index (χ0n) is 20.5. The molecule has 1 aliphatic carbocycles. The molecule has 1 atom stereocenters. The maximum atomic E-state index is 4.47. The van der Waals surface area contributed by atoms with Crippen molar-refractivity contribution in [1.29, 1.82) is 0 Å². The lowest BCUT2D eigenvalue weighted by Gasteiger charge is -2.26. The van der Waals surface area contributed by atoms with Gasteiger partial charge in [-0.15, -0.1) is 11.3 Å². The van der Waals surface area contributed by atoms with Crippen molar-refractivity contribution in [2.45, 2.75) is 73.1 Å². The van der Waals surface area contributed by atoms with E-state index in [2.05, 4.69) is 77.4 Å². The number of allylic oxidation sites excluding steroid dienone is 8. The number of aryl methyl sites for hydroxylation is 2. The Bertz CT molecular complexity index is 917. The Morgan fingerprint density at radius 3 is 2.71 bits per heavy atom. The van der Waals surface area contributed by atoms with Gasteiger partial charge in [0.05, 0.1) is 0 Å². The highest BCUT2D eigenvalue weighted by Gasteiger charge is 2.20. The third kappa shape index (κ3) is 6.97. The summed E-state index contributed by atoms with van der Waals surface area (Å²) in [5, 5.41) is 3.06. The van der Waals surface area contributed by atoms with E-state index in [0.717, 1.165) is 24.8 Å². The molecule has 0 bridgehead atoms. The molecule has 1 aliphatic rings. The molecule has 168 valence electrons. The Balaban J connectivity index is 2.19. The van der Waals surface area contributed by atoms with Gasteiger partial charge in [-0.05, 0) is 111 Å². The minimum atomic E-state index is 0.565. The van der Waals surface area contributed by atoms with Crippen LogP contribution in [-0.2, 0) is 6.42 Å². The van der Waals surface area contributed by atoms with Gasteiger partial charge in [0.25, 0.3) is 0 Å². The normalized spacial score (nSPS) is 16.1. The smallest absolute Gasteiger partial charge is 0.0305 e. The van der Waals surface area contributed by atoms with E-state index in [4.69, 9.17) is 0 Å². The van der Waals surface area contributed by atoms with Gasteiger partial charge in [-0.25, -0.2) is 0 Å². The van der Waals surface area contributed by atoms with Crippen LogP contribution in [0, 0.1) is 12.8 Å². The molecule has 0 saturated carbocycles. The van der Waals surface area contributed by atoms with Crippen LogP contribution in [0.5, 0.6) is 0 Å². The highest BCUT2D eigenvalue weighted by Crippen LogP contribution is 2.38. The van der Waals surface area contributed by atoms with Gasteiger partial charge in [0.15, 0.2) is 0 Å². The molecule has 0 aromatic carbocycles. The zero-order chi connectivity index (χ0) is 23.0. The van der Waals surface area contributed by atoms with E-state index in [1.807, 2.05) is 24.6 Å². The standard InChI is InChI=1S/C29H41NS/c1-9-10-14-27-18-22(4)28(31-27)19-21(3)25(7)29-23(5)16-26(17-24(29)6)20(2)13-11-12-15-30-8/h12,15,17-20,30H,5,7,9-11,13-14,16H2,1-4,6,8H3/b15-12+,21-19+. The molecule has 0 radical (unpaired) electrons. The fraction of sp³-hybridized carbons (Fsp3) is 0.448. The summed E-state index contributed by atoms with van der Waals surface area (Å²) in [4.78, 5) is 2.86. The molecule has 1 N–H and O–H groups in total. The molecule has 1 unspecified atom stereocenters. The molecule has 1 aromatic heterocycles. The highest BCUT2D eigenvalue weighted by atomic mass is 32.1. The van der Waals surface area contributed by atoms with Crippen LogP contribution in [-0.4, -0.2) is 7.05 Å². The molecule has 2 rings (SSSR count). The molecule has 2 heteroatoms. The second-order valence-corrected chi connectivity index (χ2v) is 10.1. The van der Waals surface area contributed by atoms with Crippen molar-refractivity contribution in [1.82, 2.24) is 5.32 Å². The summed E-state index contributed by atoms with van der Waals surface area (Å²) < 4.78 is 0. The highest BCUT2D eigenvalue weighted by molar-refractivity contribution is 7.13. The molecule has 31 heavy (non-hydrogen) atoms. The summed E-state index contributed by atoms with van der Waals surface area (Å²) in [5.41, 5.74) is 8.98. The van der Waals surface area contributed by atoms with E-state index in [1.165, 1.54) is 62.4 Å². The maximum absolute atomic E-state index is 4.47. The van der Waals surface area contributed by atoms with E-state index >= 15 is 0 Å². The molecule has 0 aliphatic heterocycles. The van der Waals surface area contributed by atoms with Crippen LogP contribution in [0.2, 0.25) is 0 Å². The Hall–Kier alpha value is -2.06. The molecule has 0 saturated heterocycles. The van der Waals surface area contributed by atoms with Crippen LogP contribution >= 0.6 is 11.3 Å². The van der Waals surface area contributed by atoms with Crippen LogP contribution in [0.4, 0.5) is 0 Å². The molecule has 1 nitrogen and oxygen atoms in total. The number of hydrogen-bond donors (Lipinski definition) is 1. The van der Waals surface area contributed by atoms with Gasteiger partial charge in [0.2, 0.25) is 0 Å². The summed E-state index contributed by atoms with van der Waals surface area (Å²) in [6.45, 7) is 20.1. The lowest BCUT2D eigenvalue weighted by atomic mass is 9.79. The molecule has 1 heterocycles. The molecule has 1 aromatic rings. The minimum Gasteiger partial charge on any atom is -0.394 e. The van der Waals surface area contributed by atoms with Gasteiger partial charge >= 0.3 is 0 Å². The van der Waals surface area contributed by atoms with Gasteiger partial charge in [-0.3, -0.25) is 0 Å². The molecular formula is C29H41NS. The number of thiophene rings is 1. The van der Waals surface area contributed by atoms with Gasteiger partial charge in [-0.2, -0.15) is 0 Å². The van der Waals surface area contributed by atoms with Crippen LogP contribution in [0.3, 0.4) is 0 Å². The van der Waals surface area contributed by atoms with Crippen LogP contribution < -0.4 is 5.32 Å². The first-order valence-electron chi connectivity index (χ1n) is 11.7. The molecule has 0 amide bonds. The topological polar surface area (TPSA) is 12.0 Å². The summed E-state index contributed by atoms with van der Waals surface area (Å²) >= 11 is 1.93. The predicted molar refractivity (Wildman–Crippen MR) is 142 cm³/mol. The Kier molecular flexibility index (Phi) is 9.84. The summed E-state index contributed by atoms with van der Waals surface area (Å²) in [6, 6.07) is 2.36. The monoisotopic (exact) mass is 435 g/mol. The molecular weight excluding hydrogens is 394 g/mol. The SMILES string of the molecule is C=C1CC(C(C)CC/C=C/NC)=CC(C)=C1C(=C)/C(C)=C/c1sc(CCCC)cc1C. The third-order valence-electron chi connectivity index (χ3n) is 6.16. The largest absolute Gasteiger partial charge is 0.394 e. The van der Waals surface area contributed by atoms with Gasteiger partial charge in [0, 0.05) is 16.8 Å². The van der Waals surface area contributed by atoms with Crippen molar-refractivity contribution in [2.24, 2.45) is 5.92 Å². The van der Waals surface area contributed by atoms with Crippen molar-refractivity contribution in [3.8, 4) is 0 Å². The van der Waals surface area contributed by atoms with Crippen molar-refractivity contribution in [3.63, 3.8) is 0 Å². The maximum Gasteiger partial charge on any atom is 0.0305 e. The molecule has 0 spiro atoms. The lowest BCUT2D eigenvalue weighted by Crippen LogP contribution is -2.09. The van der Waals surface area contributed by atoms with Gasteiger partial charge < -0.3 is 5.32 Å². The van der Waals surface area contributed by atoms with Crippen LogP contribution in [0.25, 0.3) is 6.08 Å². The minimum absolute atomic E-state index is 0.565. The fourth-order valence-corrected chi connectivity index (χ4v) is 5.40. The Labute approximate surface area is 195 Å². The van der Waals surface area contributed by atoms with E-state index in [0.29, 0.717) is 5.92 Å². The van der Waals surface area contributed by atoms with Crippen molar-refractivity contribution < 1.29 is 0 Å². The summed E-state index contributed by atoms with van der Waals surface area (Å²) in [6.07, 6.45) is 15.8. The van der Waals surface area contributed by atoms with Gasteiger partial charge in [0.1, 0.15) is 0 Å². The summed E-state index contributed by atoms with van der Waals surface area (Å²) in [5.74, 6) is 0.565. The number of hydrogen-bond acceptors (Lipinski definition) is 2. The second-order valence-electron chi connectivity index (χ2n) is 8.90. The first kappa shape index (κ1) is 25.2. The van der Waals surface area contributed by atoms with E-state index < -0.39 is 0 Å². The number of unbranched alkanes of at least 4 members (excludes halogenated alkanes) is 1. The average molecular weight is 436 g/mol. The average Bonchev–Trinajstić information content (AvgIpc) is 3.07. The van der Waals surface area contributed by atoms with E-state index in [1.54, 1.807) is 0 Å². The third-order valence-corrected chi connectivity index (χ3v) is 7.40. The first-order chi connectivity index (χ1) is 14.8.